The zero-order valence-electron chi connectivity index (χ0n) is 24.0. The van der Waals surface area contributed by atoms with Crippen LogP contribution in [-0.4, -0.2) is 22.2 Å². The van der Waals surface area contributed by atoms with Crippen molar-refractivity contribution in [3.8, 4) is 0 Å². The molecule has 5 rings (SSSR count). The first kappa shape index (κ1) is 27.6. The van der Waals surface area contributed by atoms with Gasteiger partial charge >= 0.3 is 11.9 Å². The zero-order valence-corrected chi connectivity index (χ0v) is 24.0. The van der Waals surface area contributed by atoms with Crippen LogP contribution in [0.2, 0.25) is 0 Å². The van der Waals surface area contributed by atoms with Gasteiger partial charge in [-0.2, -0.15) is 0 Å². The minimum absolute atomic E-state index is 0.0445. The molecule has 0 bridgehead atoms. The van der Waals surface area contributed by atoms with Crippen molar-refractivity contribution in [3.63, 3.8) is 0 Å². The summed E-state index contributed by atoms with van der Waals surface area (Å²) in [5.41, 5.74) is 3.81. The number of aromatic carboxylic acids is 2. The number of carboxylic acid groups (broad SMARTS) is 2. The van der Waals surface area contributed by atoms with Gasteiger partial charge in [-0.1, -0.05) is 71.6 Å². The van der Waals surface area contributed by atoms with Crippen LogP contribution in [0.3, 0.4) is 0 Å². The SMILES string of the molecule is CCCc1cccc2cc3c(CCC)c4cc5c(CCC)c(C(=O)O)c(C(=O)O)c(CCC)c5cc4cc3cc12. The Morgan fingerprint density at radius 1 is 0.525 bits per heavy atom. The van der Waals surface area contributed by atoms with Crippen LogP contribution in [0.4, 0.5) is 0 Å². The second-order valence-corrected chi connectivity index (χ2v) is 11.0. The van der Waals surface area contributed by atoms with Crippen molar-refractivity contribution in [2.45, 2.75) is 79.1 Å². The molecule has 2 N–H and O–H groups in total. The second-order valence-electron chi connectivity index (χ2n) is 11.0. The summed E-state index contributed by atoms with van der Waals surface area (Å²) in [5.74, 6) is -2.33. The topological polar surface area (TPSA) is 74.6 Å². The van der Waals surface area contributed by atoms with Gasteiger partial charge in [-0.05, 0) is 121 Å². The molecule has 0 aliphatic heterocycles. The molecule has 206 valence electrons. The maximum Gasteiger partial charge on any atom is 0.336 e. The van der Waals surface area contributed by atoms with E-state index in [2.05, 4.69) is 62.4 Å². The summed E-state index contributed by atoms with van der Waals surface area (Å²) in [4.78, 5) is 25.1. The van der Waals surface area contributed by atoms with E-state index in [0.717, 1.165) is 60.1 Å². The number of hydrogen-bond donors (Lipinski definition) is 2. The third kappa shape index (κ3) is 4.60. The molecule has 4 heteroatoms. The van der Waals surface area contributed by atoms with Crippen molar-refractivity contribution in [2.24, 2.45) is 0 Å². The van der Waals surface area contributed by atoms with Crippen molar-refractivity contribution >= 4 is 55.0 Å². The molecule has 0 spiro atoms. The van der Waals surface area contributed by atoms with Crippen molar-refractivity contribution in [3.05, 3.63) is 81.9 Å². The number of benzene rings is 5. The summed E-state index contributed by atoms with van der Waals surface area (Å²) in [6.45, 7) is 8.41. The van der Waals surface area contributed by atoms with Crippen LogP contribution in [0.1, 0.15) is 96.3 Å². The first-order valence-corrected chi connectivity index (χ1v) is 14.7. The van der Waals surface area contributed by atoms with Crippen molar-refractivity contribution in [1.82, 2.24) is 0 Å². The highest BCUT2D eigenvalue weighted by atomic mass is 16.4. The van der Waals surface area contributed by atoms with E-state index in [1.165, 1.54) is 32.7 Å². The van der Waals surface area contributed by atoms with Crippen molar-refractivity contribution < 1.29 is 19.8 Å². The Morgan fingerprint density at radius 3 is 1.55 bits per heavy atom. The van der Waals surface area contributed by atoms with Crippen LogP contribution in [0.5, 0.6) is 0 Å². The summed E-state index contributed by atoms with van der Waals surface area (Å²) in [7, 11) is 0. The number of carbonyl (C=O) groups is 2. The first-order valence-electron chi connectivity index (χ1n) is 14.7. The van der Waals surface area contributed by atoms with Crippen LogP contribution >= 0.6 is 0 Å². The fourth-order valence-electron chi connectivity index (χ4n) is 6.67. The van der Waals surface area contributed by atoms with Gasteiger partial charge in [0.05, 0.1) is 11.1 Å². The van der Waals surface area contributed by atoms with Gasteiger partial charge in [0.1, 0.15) is 0 Å². The van der Waals surface area contributed by atoms with E-state index in [4.69, 9.17) is 0 Å². The molecule has 0 unspecified atom stereocenters. The molecule has 4 nitrogen and oxygen atoms in total. The highest BCUT2D eigenvalue weighted by Crippen LogP contribution is 2.40. The second kappa shape index (κ2) is 11.3. The molecule has 0 heterocycles. The first-order chi connectivity index (χ1) is 19.3. The summed E-state index contributed by atoms with van der Waals surface area (Å²) < 4.78 is 0. The third-order valence-corrected chi connectivity index (χ3v) is 8.24. The number of fused-ring (bicyclic) bond motifs is 4. The molecule has 0 aromatic heterocycles. The zero-order chi connectivity index (χ0) is 28.6. The third-order valence-electron chi connectivity index (χ3n) is 8.24. The lowest BCUT2D eigenvalue weighted by Crippen LogP contribution is -2.16. The van der Waals surface area contributed by atoms with Gasteiger partial charge in [-0.3, -0.25) is 0 Å². The van der Waals surface area contributed by atoms with Crippen molar-refractivity contribution in [1.29, 1.82) is 0 Å². The minimum atomic E-state index is -1.17. The van der Waals surface area contributed by atoms with E-state index >= 15 is 0 Å². The number of hydrogen-bond acceptors (Lipinski definition) is 2. The Balaban J connectivity index is 1.99. The van der Waals surface area contributed by atoms with Gasteiger partial charge in [0.15, 0.2) is 0 Å². The highest BCUT2D eigenvalue weighted by molar-refractivity contribution is 6.16. The fraction of sp³-hybridized carbons (Fsp3) is 0.333. The largest absolute Gasteiger partial charge is 0.478 e. The van der Waals surface area contributed by atoms with E-state index in [-0.39, 0.29) is 11.1 Å². The Hall–Kier alpha value is -3.92. The van der Waals surface area contributed by atoms with Crippen molar-refractivity contribution in [2.75, 3.05) is 0 Å². The molecule has 0 fully saturated rings. The number of carboxylic acids is 2. The molecule has 0 aliphatic carbocycles. The van der Waals surface area contributed by atoms with Gasteiger partial charge in [0.25, 0.3) is 0 Å². The smallest absolute Gasteiger partial charge is 0.336 e. The van der Waals surface area contributed by atoms with Crippen LogP contribution in [0.15, 0.2) is 48.5 Å². The lowest BCUT2D eigenvalue weighted by Gasteiger charge is -2.20. The maximum absolute atomic E-state index is 12.6. The average Bonchev–Trinajstić information content (AvgIpc) is 2.92. The standard InChI is InChI=1S/C36H38O4/c1-5-10-21-14-9-15-22-17-29-23(18-28(21)22)16-24-19-31-26(12-7-3)33(35(37)38)34(36(39)40)27(13-8-4)32(31)20-30(24)25(29)11-6-2/h9,14-20H,5-8,10-13H2,1-4H3,(H,37,38)(H,39,40). The lowest BCUT2D eigenvalue weighted by molar-refractivity contribution is 0.0650. The Kier molecular flexibility index (Phi) is 7.80. The molecule has 5 aromatic rings. The summed E-state index contributed by atoms with van der Waals surface area (Å²) in [6.07, 6.45) is 6.50. The molecule has 0 saturated heterocycles. The van der Waals surface area contributed by atoms with E-state index in [0.29, 0.717) is 24.0 Å². The molecule has 0 radical (unpaired) electrons. The van der Waals surface area contributed by atoms with Gasteiger partial charge < -0.3 is 10.2 Å². The van der Waals surface area contributed by atoms with E-state index < -0.39 is 11.9 Å². The predicted molar refractivity (Wildman–Crippen MR) is 166 cm³/mol. The van der Waals surface area contributed by atoms with Gasteiger partial charge in [-0.15, -0.1) is 0 Å². The Morgan fingerprint density at radius 2 is 1.00 bits per heavy atom. The normalized spacial score (nSPS) is 11.7. The number of rotatable bonds is 10. The van der Waals surface area contributed by atoms with Crippen LogP contribution in [0, 0.1) is 0 Å². The monoisotopic (exact) mass is 534 g/mol. The molecular weight excluding hydrogens is 496 g/mol. The van der Waals surface area contributed by atoms with Crippen LogP contribution in [0.25, 0.3) is 43.1 Å². The lowest BCUT2D eigenvalue weighted by atomic mass is 9.83. The molecular formula is C36H38O4. The van der Waals surface area contributed by atoms with Gasteiger partial charge in [0, 0.05) is 0 Å². The quantitative estimate of drug-likeness (QED) is 0.175. The van der Waals surface area contributed by atoms with Gasteiger partial charge in [0.2, 0.25) is 0 Å². The Labute approximate surface area is 235 Å². The molecule has 0 saturated carbocycles. The molecule has 0 aliphatic rings. The summed E-state index contributed by atoms with van der Waals surface area (Å²) >= 11 is 0. The Bertz CT molecular complexity index is 1790. The van der Waals surface area contributed by atoms with Gasteiger partial charge in [-0.25, -0.2) is 9.59 Å². The maximum atomic E-state index is 12.6. The van der Waals surface area contributed by atoms with E-state index in [1.54, 1.807) is 0 Å². The molecule has 5 aromatic carbocycles. The van der Waals surface area contributed by atoms with E-state index in [9.17, 15) is 19.8 Å². The summed E-state index contributed by atoms with van der Waals surface area (Å²) in [5, 5.41) is 29.4. The molecule has 40 heavy (non-hydrogen) atoms. The summed E-state index contributed by atoms with van der Waals surface area (Å²) in [6, 6.07) is 17.7. The molecule has 0 amide bonds. The van der Waals surface area contributed by atoms with E-state index in [1.807, 2.05) is 13.8 Å². The predicted octanol–water partition coefficient (Wildman–Crippen LogP) is 9.51. The van der Waals surface area contributed by atoms with Crippen LogP contribution < -0.4 is 0 Å². The fourth-order valence-corrected chi connectivity index (χ4v) is 6.67. The number of aryl methyl sites for hydroxylation is 4. The minimum Gasteiger partial charge on any atom is -0.478 e. The average molecular weight is 535 g/mol. The van der Waals surface area contributed by atoms with Crippen LogP contribution in [-0.2, 0) is 25.7 Å². The molecule has 0 atom stereocenters. The highest BCUT2D eigenvalue weighted by Gasteiger charge is 2.27.